The van der Waals surface area contributed by atoms with Crippen molar-refractivity contribution in [2.45, 2.75) is 32.2 Å². The van der Waals surface area contributed by atoms with Gasteiger partial charge in [0.05, 0.1) is 10.6 Å². The van der Waals surface area contributed by atoms with Gasteiger partial charge in [0.2, 0.25) is 0 Å². The molecule has 1 aromatic carbocycles. The summed E-state index contributed by atoms with van der Waals surface area (Å²) in [5.41, 5.74) is 6.83. The van der Waals surface area contributed by atoms with Crippen molar-refractivity contribution in [3.8, 4) is 12.3 Å². The van der Waals surface area contributed by atoms with Crippen LogP contribution >= 0.6 is 11.6 Å². The first-order valence-electron chi connectivity index (χ1n) is 5.24. The Morgan fingerprint density at radius 2 is 2.25 bits per heavy atom. The fraction of sp³-hybridized carbons (Fsp3) is 0.385. The van der Waals surface area contributed by atoms with E-state index in [0.29, 0.717) is 0 Å². The first-order chi connectivity index (χ1) is 7.54. The number of terminal acetylenes is 1. The van der Waals surface area contributed by atoms with E-state index in [0.717, 1.165) is 24.8 Å². The Bertz CT molecular complexity index is 407. The lowest BCUT2D eigenvalue weighted by molar-refractivity contribution is 0.615. The van der Waals surface area contributed by atoms with Crippen LogP contribution in [0.3, 0.4) is 0 Å². The van der Waals surface area contributed by atoms with Crippen LogP contribution in [0, 0.1) is 18.2 Å². The second-order valence-corrected chi connectivity index (χ2v) is 4.36. The largest absolute Gasteiger partial charge is 0.328 e. The molecule has 1 rings (SSSR count). The molecule has 0 saturated heterocycles. The number of nitrogens with two attached hydrogens (primary N) is 1. The molecule has 0 aliphatic heterocycles. The lowest BCUT2D eigenvalue weighted by Crippen LogP contribution is -2.14. The van der Waals surface area contributed by atoms with Crippen molar-refractivity contribution in [2.24, 2.45) is 5.73 Å². The normalized spacial score (nSPS) is 12.2. The van der Waals surface area contributed by atoms with E-state index in [4.69, 9.17) is 23.8 Å². The van der Waals surface area contributed by atoms with Gasteiger partial charge in [0.25, 0.3) is 0 Å². The molecule has 0 radical (unpaired) electrons. The first kappa shape index (κ1) is 13.0. The number of benzene rings is 1. The van der Waals surface area contributed by atoms with Crippen LogP contribution in [0.25, 0.3) is 0 Å². The third-order valence-corrected chi connectivity index (χ3v) is 2.64. The van der Waals surface area contributed by atoms with Gasteiger partial charge in [-0.15, -0.1) is 6.42 Å². The molecular weight excluding hydrogens is 225 g/mol. The summed E-state index contributed by atoms with van der Waals surface area (Å²) in [6.45, 7) is 1.96. The molecule has 1 aromatic rings. The summed E-state index contributed by atoms with van der Waals surface area (Å²) < 4.78 is 13.3. The summed E-state index contributed by atoms with van der Waals surface area (Å²) in [5.74, 6) is 1.78. The highest BCUT2D eigenvalue weighted by atomic mass is 35.5. The zero-order valence-electron chi connectivity index (χ0n) is 9.26. The van der Waals surface area contributed by atoms with Gasteiger partial charge in [-0.2, -0.15) is 0 Å². The molecule has 1 nitrogen and oxygen atoms in total. The van der Waals surface area contributed by atoms with E-state index < -0.39 is 5.82 Å². The molecule has 86 valence electrons. The third kappa shape index (κ3) is 3.52. The summed E-state index contributed by atoms with van der Waals surface area (Å²) in [5, 5.41) is 0.0891. The monoisotopic (exact) mass is 239 g/mol. The van der Waals surface area contributed by atoms with E-state index in [-0.39, 0.29) is 16.6 Å². The average molecular weight is 240 g/mol. The summed E-state index contributed by atoms with van der Waals surface area (Å²) in [7, 11) is 0. The molecule has 3 heteroatoms. The molecular formula is C13H15ClFN. The Labute approximate surface area is 101 Å². The molecule has 0 aliphatic carbocycles. The predicted octanol–water partition coefficient (Wildman–Crippen LogP) is 3.13. The van der Waals surface area contributed by atoms with Crippen LogP contribution in [0.5, 0.6) is 0 Å². The minimum Gasteiger partial charge on any atom is -0.328 e. The second-order valence-electron chi connectivity index (χ2n) is 3.95. The van der Waals surface area contributed by atoms with Crippen LogP contribution < -0.4 is 5.73 Å². The maximum atomic E-state index is 13.3. The number of aryl methyl sites for hydroxylation is 1. The molecule has 0 spiro atoms. The van der Waals surface area contributed by atoms with E-state index in [1.165, 1.54) is 0 Å². The standard InChI is InChI=1S/C13H15ClFN/c1-3-11-7-10(6-4-5-9(2)16)8-12(14)13(11)15/h1,7-9H,4-6,16H2,2H3/t9-/m0/s1. The summed E-state index contributed by atoms with van der Waals surface area (Å²) in [6, 6.07) is 3.48. The highest BCUT2D eigenvalue weighted by Crippen LogP contribution is 2.21. The lowest BCUT2D eigenvalue weighted by Gasteiger charge is -2.07. The molecule has 0 amide bonds. The van der Waals surface area contributed by atoms with Gasteiger partial charge in [-0.3, -0.25) is 0 Å². The quantitative estimate of drug-likeness (QED) is 0.803. The van der Waals surface area contributed by atoms with Crippen LogP contribution in [-0.4, -0.2) is 6.04 Å². The predicted molar refractivity (Wildman–Crippen MR) is 65.9 cm³/mol. The fourth-order valence-corrected chi connectivity index (χ4v) is 1.76. The molecule has 0 aromatic heterocycles. The van der Waals surface area contributed by atoms with E-state index in [1.54, 1.807) is 12.1 Å². The van der Waals surface area contributed by atoms with Gasteiger partial charge >= 0.3 is 0 Å². The Balaban J connectivity index is 2.75. The second kappa shape index (κ2) is 5.89. The van der Waals surface area contributed by atoms with Crippen LogP contribution in [0.4, 0.5) is 4.39 Å². The van der Waals surface area contributed by atoms with Crippen molar-refractivity contribution in [1.82, 2.24) is 0 Å². The maximum absolute atomic E-state index is 13.3. The van der Waals surface area contributed by atoms with Crippen LogP contribution in [0.15, 0.2) is 12.1 Å². The number of halogens is 2. The maximum Gasteiger partial charge on any atom is 0.157 e. The molecule has 0 aliphatic rings. The van der Waals surface area contributed by atoms with Gasteiger partial charge in [-0.05, 0) is 43.9 Å². The molecule has 0 saturated carbocycles. The average Bonchev–Trinajstić information content (AvgIpc) is 2.22. The van der Waals surface area contributed by atoms with Gasteiger partial charge in [-0.1, -0.05) is 17.5 Å². The molecule has 0 unspecified atom stereocenters. The van der Waals surface area contributed by atoms with Crippen molar-refractivity contribution in [1.29, 1.82) is 0 Å². The van der Waals surface area contributed by atoms with Gasteiger partial charge in [0.15, 0.2) is 5.82 Å². The van der Waals surface area contributed by atoms with Crippen LogP contribution in [-0.2, 0) is 6.42 Å². The van der Waals surface area contributed by atoms with Crippen molar-refractivity contribution in [2.75, 3.05) is 0 Å². The van der Waals surface area contributed by atoms with Gasteiger partial charge in [0.1, 0.15) is 0 Å². The lowest BCUT2D eigenvalue weighted by atomic mass is 10.0. The Morgan fingerprint density at radius 1 is 1.56 bits per heavy atom. The van der Waals surface area contributed by atoms with E-state index in [1.807, 2.05) is 6.92 Å². The van der Waals surface area contributed by atoms with Crippen molar-refractivity contribution in [3.63, 3.8) is 0 Å². The molecule has 0 bridgehead atoms. The Morgan fingerprint density at radius 3 is 2.81 bits per heavy atom. The van der Waals surface area contributed by atoms with Gasteiger partial charge in [0, 0.05) is 6.04 Å². The minimum absolute atomic E-state index is 0.0891. The molecule has 0 heterocycles. The summed E-state index contributed by atoms with van der Waals surface area (Å²) in [6.07, 6.45) is 7.89. The SMILES string of the molecule is C#Cc1cc(CCC[C@H](C)N)cc(Cl)c1F. The number of hydrogen-bond acceptors (Lipinski definition) is 1. The first-order valence-corrected chi connectivity index (χ1v) is 5.62. The Kier molecular flexibility index (Phi) is 4.79. The topological polar surface area (TPSA) is 26.0 Å². The molecule has 0 fully saturated rings. The smallest absolute Gasteiger partial charge is 0.157 e. The molecule has 2 N–H and O–H groups in total. The van der Waals surface area contributed by atoms with Crippen molar-refractivity contribution < 1.29 is 4.39 Å². The van der Waals surface area contributed by atoms with Gasteiger partial charge < -0.3 is 5.73 Å². The van der Waals surface area contributed by atoms with E-state index in [2.05, 4.69) is 5.92 Å². The molecule has 16 heavy (non-hydrogen) atoms. The highest BCUT2D eigenvalue weighted by Gasteiger charge is 2.07. The van der Waals surface area contributed by atoms with Crippen molar-refractivity contribution >= 4 is 11.6 Å². The Hall–Kier alpha value is -1.04. The fourth-order valence-electron chi connectivity index (χ4n) is 1.52. The molecule has 1 atom stereocenters. The number of hydrogen-bond donors (Lipinski definition) is 1. The van der Waals surface area contributed by atoms with Gasteiger partial charge in [-0.25, -0.2) is 4.39 Å². The zero-order valence-corrected chi connectivity index (χ0v) is 10.0. The van der Waals surface area contributed by atoms with E-state index >= 15 is 0 Å². The minimum atomic E-state index is -0.514. The van der Waals surface area contributed by atoms with E-state index in [9.17, 15) is 4.39 Å². The highest BCUT2D eigenvalue weighted by molar-refractivity contribution is 6.30. The number of rotatable bonds is 4. The van der Waals surface area contributed by atoms with Crippen LogP contribution in [0.1, 0.15) is 30.9 Å². The summed E-state index contributed by atoms with van der Waals surface area (Å²) in [4.78, 5) is 0. The zero-order chi connectivity index (χ0) is 12.1. The van der Waals surface area contributed by atoms with Crippen molar-refractivity contribution in [3.05, 3.63) is 34.1 Å². The third-order valence-electron chi connectivity index (χ3n) is 2.37. The summed E-state index contributed by atoms with van der Waals surface area (Å²) >= 11 is 5.74. The van der Waals surface area contributed by atoms with Crippen LogP contribution in [0.2, 0.25) is 5.02 Å².